The standard InChI is InChI=1S/C16H14BrClN2O2/c1-20(16(22)11-6-2-3-7-12(11)17)10-15(21)19-14-9-5-4-8-13(14)18/h2-9H,10H2,1H3,(H,19,21). The molecule has 0 saturated carbocycles. The van der Waals surface area contributed by atoms with Crippen molar-refractivity contribution in [2.24, 2.45) is 0 Å². The van der Waals surface area contributed by atoms with Crippen molar-refractivity contribution in [3.63, 3.8) is 0 Å². The molecule has 22 heavy (non-hydrogen) atoms. The van der Waals surface area contributed by atoms with Crippen LogP contribution in [0.2, 0.25) is 5.02 Å². The maximum absolute atomic E-state index is 12.3. The van der Waals surface area contributed by atoms with Crippen molar-refractivity contribution in [2.75, 3.05) is 18.9 Å². The Morgan fingerprint density at radius 2 is 1.77 bits per heavy atom. The third kappa shape index (κ3) is 4.08. The fourth-order valence-corrected chi connectivity index (χ4v) is 2.52. The normalized spacial score (nSPS) is 10.1. The number of carbonyl (C=O) groups excluding carboxylic acids is 2. The Bertz CT molecular complexity index is 706. The Labute approximate surface area is 142 Å². The molecule has 0 heterocycles. The maximum atomic E-state index is 12.3. The minimum Gasteiger partial charge on any atom is -0.332 e. The van der Waals surface area contributed by atoms with Gasteiger partial charge in [0.15, 0.2) is 0 Å². The van der Waals surface area contributed by atoms with E-state index in [1.807, 2.05) is 6.07 Å². The van der Waals surface area contributed by atoms with Crippen LogP contribution in [0, 0.1) is 0 Å². The fraction of sp³-hybridized carbons (Fsp3) is 0.125. The Morgan fingerprint density at radius 1 is 1.14 bits per heavy atom. The van der Waals surface area contributed by atoms with E-state index in [4.69, 9.17) is 11.6 Å². The largest absolute Gasteiger partial charge is 0.332 e. The van der Waals surface area contributed by atoms with E-state index >= 15 is 0 Å². The molecule has 2 aromatic rings. The van der Waals surface area contributed by atoms with E-state index in [-0.39, 0.29) is 18.4 Å². The first-order valence-corrected chi connectivity index (χ1v) is 7.70. The van der Waals surface area contributed by atoms with Crippen molar-refractivity contribution in [2.45, 2.75) is 0 Å². The van der Waals surface area contributed by atoms with Gasteiger partial charge in [0.05, 0.1) is 22.8 Å². The van der Waals surface area contributed by atoms with Crippen LogP contribution in [-0.4, -0.2) is 30.3 Å². The van der Waals surface area contributed by atoms with Gasteiger partial charge in [-0.05, 0) is 40.2 Å². The van der Waals surface area contributed by atoms with Crippen LogP contribution in [0.25, 0.3) is 0 Å². The number of nitrogens with zero attached hydrogens (tertiary/aromatic N) is 1. The van der Waals surface area contributed by atoms with Crippen molar-refractivity contribution in [3.05, 3.63) is 63.6 Å². The molecule has 4 nitrogen and oxygen atoms in total. The molecular weight excluding hydrogens is 368 g/mol. The zero-order chi connectivity index (χ0) is 16.1. The number of carbonyl (C=O) groups is 2. The quantitative estimate of drug-likeness (QED) is 0.875. The molecule has 0 fully saturated rings. The second kappa shape index (κ2) is 7.42. The average molecular weight is 382 g/mol. The van der Waals surface area contributed by atoms with Gasteiger partial charge < -0.3 is 10.2 Å². The molecule has 0 bridgehead atoms. The highest BCUT2D eigenvalue weighted by molar-refractivity contribution is 9.10. The van der Waals surface area contributed by atoms with Crippen LogP contribution < -0.4 is 5.32 Å². The molecule has 0 atom stereocenters. The van der Waals surface area contributed by atoms with Gasteiger partial charge in [-0.1, -0.05) is 35.9 Å². The first-order valence-electron chi connectivity index (χ1n) is 6.53. The summed E-state index contributed by atoms with van der Waals surface area (Å²) in [5.41, 5.74) is 1.03. The van der Waals surface area contributed by atoms with Crippen molar-refractivity contribution >= 4 is 45.0 Å². The summed E-state index contributed by atoms with van der Waals surface area (Å²) in [7, 11) is 1.58. The third-order valence-electron chi connectivity index (χ3n) is 2.98. The predicted molar refractivity (Wildman–Crippen MR) is 91.2 cm³/mol. The second-order valence-electron chi connectivity index (χ2n) is 4.67. The molecule has 0 aliphatic heterocycles. The van der Waals surface area contributed by atoms with E-state index in [0.29, 0.717) is 20.7 Å². The first kappa shape index (κ1) is 16.5. The second-order valence-corrected chi connectivity index (χ2v) is 5.93. The van der Waals surface area contributed by atoms with Crippen LogP contribution >= 0.6 is 27.5 Å². The summed E-state index contributed by atoms with van der Waals surface area (Å²) in [6.07, 6.45) is 0. The van der Waals surface area contributed by atoms with Crippen LogP contribution in [-0.2, 0) is 4.79 Å². The van der Waals surface area contributed by atoms with Gasteiger partial charge in [0.25, 0.3) is 5.91 Å². The zero-order valence-electron chi connectivity index (χ0n) is 11.8. The van der Waals surface area contributed by atoms with Gasteiger partial charge in [-0.15, -0.1) is 0 Å². The molecule has 0 unspecified atom stereocenters. The number of benzene rings is 2. The van der Waals surface area contributed by atoms with Gasteiger partial charge in [-0.25, -0.2) is 0 Å². The fourth-order valence-electron chi connectivity index (χ4n) is 1.88. The summed E-state index contributed by atoms with van der Waals surface area (Å²) >= 11 is 9.31. The van der Waals surface area contributed by atoms with Gasteiger partial charge in [0, 0.05) is 11.5 Å². The summed E-state index contributed by atoms with van der Waals surface area (Å²) in [6.45, 7) is -0.0641. The number of hydrogen-bond donors (Lipinski definition) is 1. The lowest BCUT2D eigenvalue weighted by Crippen LogP contribution is -2.35. The number of nitrogens with one attached hydrogen (secondary N) is 1. The maximum Gasteiger partial charge on any atom is 0.255 e. The van der Waals surface area contributed by atoms with Gasteiger partial charge in [-0.2, -0.15) is 0 Å². The van der Waals surface area contributed by atoms with E-state index in [1.165, 1.54) is 4.90 Å². The van der Waals surface area contributed by atoms with E-state index in [2.05, 4.69) is 21.2 Å². The summed E-state index contributed by atoms with van der Waals surface area (Å²) < 4.78 is 0.693. The summed E-state index contributed by atoms with van der Waals surface area (Å²) in [5, 5.41) is 3.14. The van der Waals surface area contributed by atoms with E-state index in [0.717, 1.165) is 0 Å². The number of para-hydroxylation sites is 1. The third-order valence-corrected chi connectivity index (χ3v) is 4.00. The number of amides is 2. The number of anilines is 1. The predicted octanol–water partition coefficient (Wildman–Crippen LogP) is 3.81. The minimum atomic E-state index is -0.309. The van der Waals surface area contributed by atoms with E-state index in [1.54, 1.807) is 49.5 Å². The highest BCUT2D eigenvalue weighted by atomic mass is 79.9. The molecule has 0 aliphatic rings. The Balaban J connectivity index is 2.01. The lowest BCUT2D eigenvalue weighted by molar-refractivity contribution is -0.116. The lowest BCUT2D eigenvalue weighted by atomic mass is 10.2. The topological polar surface area (TPSA) is 49.4 Å². The molecular formula is C16H14BrClN2O2. The highest BCUT2D eigenvalue weighted by Gasteiger charge is 2.17. The van der Waals surface area contributed by atoms with Crippen molar-refractivity contribution in [3.8, 4) is 0 Å². The first-order chi connectivity index (χ1) is 10.5. The van der Waals surface area contributed by atoms with Gasteiger partial charge in [-0.3, -0.25) is 9.59 Å². The van der Waals surface area contributed by atoms with Gasteiger partial charge in [0.2, 0.25) is 5.91 Å². The summed E-state index contributed by atoms with van der Waals surface area (Å²) in [6, 6.07) is 14.0. The lowest BCUT2D eigenvalue weighted by Gasteiger charge is -2.17. The van der Waals surface area contributed by atoms with Crippen molar-refractivity contribution < 1.29 is 9.59 Å². The number of likely N-dealkylation sites (N-methyl/N-ethyl adjacent to an activating group) is 1. The molecule has 2 rings (SSSR count). The zero-order valence-corrected chi connectivity index (χ0v) is 14.2. The van der Waals surface area contributed by atoms with Crippen LogP contribution in [0.1, 0.15) is 10.4 Å². The SMILES string of the molecule is CN(CC(=O)Nc1ccccc1Cl)C(=O)c1ccccc1Br. The highest BCUT2D eigenvalue weighted by Crippen LogP contribution is 2.20. The van der Waals surface area contributed by atoms with Gasteiger partial charge >= 0.3 is 0 Å². The molecule has 114 valence electrons. The molecule has 0 aromatic heterocycles. The van der Waals surface area contributed by atoms with Crippen LogP contribution in [0.15, 0.2) is 53.0 Å². The monoisotopic (exact) mass is 380 g/mol. The molecule has 0 saturated heterocycles. The van der Waals surface area contributed by atoms with Crippen molar-refractivity contribution in [1.29, 1.82) is 0 Å². The molecule has 0 radical (unpaired) electrons. The van der Waals surface area contributed by atoms with Crippen molar-refractivity contribution in [1.82, 2.24) is 4.90 Å². The van der Waals surface area contributed by atoms with E-state index < -0.39 is 0 Å². The molecule has 0 spiro atoms. The number of halogens is 2. The Hall–Kier alpha value is -1.85. The Kier molecular flexibility index (Phi) is 5.57. The summed E-state index contributed by atoms with van der Waals surface area (Å²) in [5.74, 6) is -0.544. The summed E-state index contributed by atoms with van der Waals surface area (Å²) in [4.78, 5) is 25.7. The number of hydrogen-bond acceptors (Lipinski definition) is 2. The minimum absolute atomic E-state index is 0.0641. The van der Waals surface area contributed by atoms with Crippen LogP contribution in [0.4, 0.5) is 5.69 Å². The molecule has 0 aliphatic carbocycles. The molecule has 6 heteroatoms. The molecule has 2 aromatic carbocycles. The average Bonchev–Trinajstić information content (AvgIpc) is 2.49. The van der Waals surface area contributed by atoms with Crippen LogP contribution in [0.3, 0.4) is 0 Å². The van der Waals surface area contributed by atoms with Crippen LogP contribution in [0.5, 0.6) is 0 Å². The van der Waals surface area contributed by atoms with Gasteiger partial charge in [0.1, 0.15) is 0 Å². The van der Waals surface area contributed by atoms with E-state index in [9.17, 15) is 9.59 Å². The Morgan fingerprint density at radius 3 is 2.45 bits per heavy atom. The number of rotatable bonds is 4. The molecule has 1 N–H and O–H groups in total. The molecule has 2 amide bonds. The smallest absolute Gasteiger partial charge is 0.255 e.